The zero-order valence-corrected chi connectivity index (χ0v) is 7.10. The molecule has 13 heavy (non-hydrogen) atoms. The molecule has 1 aliphatic rings. The molecule has 2 heteroatoms. The van der Waals surface area contributed by atoms with Gasteiger partial charge in [0.1, 0.15) is 5.76 Å². The number of ketones is 1. The van der Waals surface area contributed by atoms with Gasteiger partial charge in [0, 0.05) is 18.4 Å². The fraction of sp³-hybridized carbons (Fsp3) is 0.182. The lowest BCUT2D eigenvalue weighted by atomic mass is 9.97. The maximum absolute atomic E-state index is 11.0. The molecule has 1 N–H and O–H groups in total. The molecule has 0 heterocycles. The number of rotatable bonds is 1. The number of carbonyl (C=O) groups excluding carboxylic acids is 1. The minimum Gasteiger partial charge on any atom is -0.512 e. The van der Waals surface area contributed by atoms with Crippen LogP contribution in [0.1, 0.15) is 17.9 Å². The molecule has 66 valence electrons. The molecule has 0 aromatic heterocycles. The van der Waals surface area contributed by atoms with Crippen LogP contribution in [0.25, 0.3) is 0 Å². The first kappa shape index (κ1) is 8.05. The van der Waals surface area contributed by atoms with Crippen molar-refractivity contribution in [3.05, 3.63) is 47.7 Å². The van der Waals surface area contributed by atoms with Gasteiger partial charge >= 0.3 is 0 Å². The molecule has 0 spiro atoms. The SMILES string of the molecule is O=C1C=C(O)C(c2ccccc2)C1. The lowest BCUT2D eigenvalue weighted by Gasteiger charge is -2.08. The van der Waals surface area contributed by atoms with Gasteiger partial charge in [0.15, 0.2) is 5.78 Å². The monoisotopic (exact) mass is 174 g/mol. The normalized spacial score (nSPS) is 21.7. The Labute approximate surface area is 76.5 Å². The summed E-state index contributed by atoms with van der Waals surface area (Å²) >= 11 is 0. The summed E-state index contributed by atoms with van der Waals surface area (Å²) in [5, 5.41) is 9.45. The molecule has 0 saturated heterocycles. The van der Waals surface area contributed by atoms with E-state index >= 15 is 0 Å². The van der Waals surface area contributed by atoms with Crippen molar-refractivity contribution in [3.8, 4) is 0 Å². The van der Waals surface area contributed by atoms with E-state index in [1.54, 1.807) is 0 Å². The second-order valence-corrected chi connectivity index (χ2v) is 3.20. The topological polar surface area (TPSA) is 37.3 Å². The maximum Gasteiger partial charge on any atom is 0.160 e. The van der Waals surface area contributed by atoms with Crippen LogP contribution in [0.3, 0.4) is 0 Å². The van der Waals surface area contributed by atoms with Gasteiger partial charge in [0.2, 0.25) is 0 Å². The van der Waals surface area contributed by atoms with E-state index in [0.717, 1.165) is 5.56 Å². The summed E-state index contributed by atoms with van der Waals surface area (Å²) in [7, 11) is 0. The molecular weight excluding hydrogens is 164 g/mol. The average molecular weight is 174 g/mol. The maximum atomic E-state index is 11.0. The molecule has 1 atom stereocenters. The Morgan fingerprint density at radius 2 is 1.92 bits per heavy atom. The molecule has 0 fully saturated rings. The number of aliphatic hydroxyl groups excluding tert-OH is 1. The first-order valence-electron chi connectivity index (χ1n) is 4.25. The van der Waals surface area contributed by atoms with Crippen LogP contribution in [0.4, 0.5) is 0 Å². The Bertz CT molecular complexity index is 352. The van der Waals surface area contributed by atoms with Gasteiger partial charge in [-0.05, 0) is 5.56 Å². The lowest BCUT2D eigenvalue weighted by molar-refractivity contribution is -0.114. The Balaban J connectivity index is 2.30. The number of carbonyl (C=O) groups is 1. The number of aliphatic hydroxyl groups is 1. The summed E-state index contributed by atoms with van der Waals surface area (Å²) in [4.78, 5) is 11.0. The van der Waals surface area contributed by atoms with Crippen LogP contribution < -0.4 is 0 Å². The van der Waals surface area contributed by atoms with E-state index in [-0.39, 0.29) is 17.5 Å². The summed E-state index contributed by atoms with van der Waals surface area (Å²) < 4.78 is 0. The molecule has 1 aromatic carbocycles. The summed E-state index contributed by atoms with van der Waals surface area (Å²) in [5.74, 6) is 0.0799. The van der Waals surface area contributed by atoms with Gasteiger partial charge in [-0.25, -0.2) is 0 Å². The summed E-state index contributed by atoms with van der Waals surface area (Å²) in [6, 6.07) is 9.58. The van der Waals surface area contributed by atoms with Crippen LogP contribution in [0.5, 0.6) is 0 Å². The Morgan fingerprint density at radius 3 is 2.46 bits per heavy atom. The van der Waals surface area contributed by atoms with Crippen molar-refractivity contribution in [2.24, 2.45) is 0 Å². The van der Waals surface area contributed by atoms with Crippen molar-refractivity contribution in [3.63, 3.8) is 0 Å². The first-order chi connectivity index (χ1) is 6.27. The fourth-order valence-corrected chi connectivity index (χ4v) is 1.60. The third kappa shape index (κ3) is 1.47. The first-order valence-corrected chi connectivity index (χ1v) is 4.25. The molecule has 1 aliphatic carbocycles. The Morgan fingerprint density at radius 1 is 1.23 bits per heavy atom. The highest BCUT2D eigenvalue weighted by molar-refractivity contribution is 5.94. The van der Waals surface area contributed by atoms with Crippen molar-refractivity contribution < 1.29 is 9.90 Å². The smallest absolute Gasteiger partial charge is 0.160 e. The predicted molar refractivity (Wildman–Crippen MR) is 49.5 cm³/mol. The van der Waals surface area contributed by atoms with E-state index in [1.165, 1.54) is 6.08 Å². The molecule has 0 saturated carbocycles. The van der Waals surface area contributed by atoms with E-state index in [2.05, 4.69) is 0 Å². The van der Waals surface area contributed by atoms with Crippen LogP contribution in [-0.2, 0) is 4.79 Å². The zero-order chi connectivity index (χ0) is 9.26. The zero-order valence-electron chi connectivity index (χ0n) is 7.10. The summed E-state index contributed by atoms with van der Waals surface area (Å²) in [6.45, 7) is 0. The van der Waals surface area contributed by atoms with Gasteiger partial charge in [-0.1, -0.05) is 30.3 Å². The van der Waals surface area contributed by atoms with Crippen LogP contribution >= 0.6 is 0 Å². The second-order valence-electron chi connectivity index (χ2n) is 3.20. The lowest BCUT2D eigenvalue weighted by Crippen LogP contribution is -1.98. The number of allylic oxidation sites excluding steroid dienone is 2. The molecular formula is C11H10O2. The highest BCUT2D eigenvalue weighted by Gasteiger charge is 2.25. The fourth-order valence-electron chi connectivity index (χ4n) is 1.60. The van der Waals surface area contributed by atoms with E-state index < -0.39 is 0 Å². The summed E-state index contributed by atoms with van der Waals surface area (Å²) in [5.41, 5.74) is 1.00. The molecule has 0 radical (unpaired) electrons. The highest BCUT2D eigenvalue weighted by atomic mass is 16.3. The average Bonchev–Trinajstić information content (AvgIpc) is 2.47. The standard InChI is InChI=1S/C11H10O2/c12-9-6-10(11(13)7-9)8-4-2-1-3-5-8/h1-5,7,10,13H,6H2. The van der Waals surface area contributed by atoms with Crippen LogP contribution in [0.15, 0.2) is 42.2 Å². The van der Waals surface area contributed by atoms with E-state index in [4.69, 9.17) is 0 Å². The van der Waals surface area contributed by atoms with E-state index in [0.29, 0.717) is 6.42 Å². The predicted octanol–water partition coefficient (Wildman–Crippen LogP) is 2.18. The van der Waals surface area contributed by atoms with Gasteiger partial charge in [0.25, 0.3) is 0 Å². The number of hydrogen-bond acceptors (Lipinski definition) is 2. The van der Waals surface area contributed by atoms with Crippen LogP contribution in [0, 0.1) is 0 Å². The minimum atomic E-state index is -0.117. The molecule has 1 aromatic rings. The Hall–Kier alpha value is -1.57. The summed E-state index contributed by atoms with van der Waals surface area (Å²) in [6.07, 6.45) is 1.72. The molecule has 0 amide bonds. The van der Waals surface area contributed by atoms with Crippen molar-refractivity contribution in [1.82, 2.24) is 0 Å². The number of benzene rings is 1. The molecule has 2 nitrogen and oxygen atoms in total. The highest BCUT2D eigenvalue weighted by Crippen LogP contribution is 2.31. The largest absolute Gasteiger partial charge is 0.512 e. The Kier molecular flexibility index (Phi) is 1.89. The quantitative estimate of drug-likeness (QED) is 0.708. The van der Waals surface area contributed by atoms with Gasteiger partial charge in [-0.3, -0.25) is 4.79 Å². The molecule has 0 aliphatic heterocycles. The van der Waals surface area contributed by atoms with E-state index in [9.17, 15) is 9.90 Å². The third-order valence-corrected chi connectivity index (χ3v) is 2.27. The van der Waals surface area contributed by atoms with Crippen LogP contribution in [-0.4, -0.2) is 10.9 Å². The third-order valence-electron chi connectivity index (χ3n) is 2.27. The van der Waals surface area contributed by atoms with Gasteiger partial charge in [0.05, 0.1) is 0 Å². The second kappa shape index (κ2) is 3.05. The van der Waals surface area contributed by atoms with Crippen molar-refractivity contribution in [2.45, 2.75) is 12.3 Å². The van der Waals surface area contributed by atoms with E-state index in [1.807, 2.05) is 30.3 Å². The van der Waals surface area contributed by atoms with Crippen LogP contribution in [0.2, 0.25) is 0 Å². The van der Waals surface area contributed by atoms with Crippen molar-refractivity contribution in [1.29, 1.82) is 0 Å². The molecule has 0 bridgehead atoms. The molecule has 2 rings (SSSR count). The minimum absolute atomic E-state index is 0.00588. The van der Waals surface area contributed by atoms with Gasteiger partial charge in [-0.2, -0.15) is 0 Å². The van der Waals surface area contributed by atoms with Crippen molar-refractivity contribution >= 4 is 5.78 Å². The van der Waals surface area contributed by atoms with Gasteiger partial charge < -0.3 is 5.11 Å². The van der Waals surface area contributed by atoms with Gasteiger partial charge in [-0.15, -0.1) is 0 Å². The number of hydrogen-bond donors (Lipinski definition) is 1. The molecule has 1 unspecified atom stereocenters. The van der Waals surface area contributed by atoms with Crippen molar-refractivity contribution in [2.75, 3.05) is 0 Å².